The van der Waals surface area contributed by atoms with Gasteiger partial charge in [0, 0.05) is 5.56 Å². The van der Waals surface area contributed by atoms with Crippen molar-refractivity contribution in [1.29, 1.82) is 0 Å². The molecule has 35 heavy (non-hydrogen) atoms. The molecule has 0 saturated carbocycles. The molecule has 0 fully saturated rings. The molecular weight excluding hydrogens is 480 g/mol. The summed E-state index contributed by atoms with van der Waals surface area (Å²) < 4.78 is 82.8. The number of aromatic nitrogens is 4. The molecule has 0 radical (unpaired) electrons. The van der Waals surface area contributed by atoms with Gasteiger partial charge in [-0.3, -0.25) is 9.36 Å². The minimum Gasteiger partial charge on any atom is -0.497 e. The Morgan fingerprint density at radius 2 is 1.66 bits per heavy atom. The number of pyridine rings is 2. The van der Waals surface area contributed by atoms with E-state index in [0.29, 0.717) is 17.4 Å². The van der Waals surface area contributed by atoms with Gasteiger partial charge in [-0.1, -0.05) is 0 Å². The molecule has 0 atom stereocenters. The van der Waals surface area contributed by atoms with Crippen molar-refractivity contribution >= 4 is 17.0 Å². The number of benzene rings is 1. The number of hydrogen-bond acceptors (Lipinski definition) is 6. The van der Waals surface area contributed by atoms with E-state index >= 15 is 0 Å². The van der Waals surface area contributed by atoms with E-state index in [1.165, 1.54) is 19.2 Å². The van der Waals surface area contributed by atoms with Gasteiger partial charge in [0.1, 0.15) is 35.0 Å². The molecule has 1 aromatic carbocycles. The molecule has 0 aliphatic rings. The van der Waals surface area contributed by atoms with Crippen LogP contribution >= 0.6 is 0 Å². The SMILES string of the molecule is COc1ccc(-c2nc3ccc(NCC(F)(F)F)nc3n(-c3ccc(C(F)(F)F)nc3)c2=O)cc1. The number of hydrogen-bond donors (Lipinski definition) is 1. The second kappa shape index (κ2) is 8.89. The summed E-state index contributed by atoms with van der Waals surface area (Å²) in [5.74, 6) is 0.311. The molecule has 0 amide bonds. The average Bonchev–Trinajstić information content (AvgIpc) is 2.81. The van der Waals surface area contributed by atoms with Gasteiger partial charge in [0.15, 0.2) is 5.65 Å². The van der Waals surface area contributed by atoms with E-state index in [2.05, 4.69) is 20.3 Å². The quantitative estimate of drug-likeness (QED) is 0.399. The van der Waals surface area contributed by atoms with E-state index in [0.717, 1.165) is 16.8 Å². The monoisotopic (exact) mass is 495 g/mol. The number of alkyl halides is 6. The van der Waals surface area contributed by atoms with Gasteiger partial charge in [0.25, 0.3) is 5.56 Å². The topological polar surface area (TPSA) is 81.9 Å². The van der Waals surface area contributed by atoms with Gasteiger partial charge in [-0.15, -0.1) is 0 Å². The normalized spacial score (nSPS) is 12.1. The van der Waals surface area contributed by atoms with Crippen LogP contribution in [0.2, 0.25) is 0 Å². The van der Waals surface area contributed by atoms with Crippen LogP contribution in [0, 0.1) is 0 Å². The lowest BCUT2D eigenvalue weighted by Gasteiger charge is -2.14. The Balaban J connectivity index is 1.92. The molecule has 4 aromatic rings. The summed E-state index contributed by atoms with van der Waals surface area (Å²) in [7, 11) is 1.46. The fourth-order valence-electron chi connectivity index (χ4n) is 3.21. The summed E-state index contributed by atoms with van der Waals surface area (Å²) in [5, 5.41) is 2.11. The van der Waals surface area contributed by atoms with E-state index in [1.807, 2.05) is 0 Å². The van der Waals surface area contributed by atoms with Gasteiger partial charge in [0.05, 0.1) is 19.0 Å². The van der Waals surface area contributed by atoms with E-state index in [9.17, 15) is 31.1 Å². The molecule has 13 heteroatoms. The highest BCUT2D eigenvalue weighted by molar-refractivity contribution is 5.78. The molecule has 1 N–H and O–H groups in total. The van der Waals surface area contributed by atoms with E-state index in [-0.39, 0.29) is 28.4 Å². The number of halogens is 6. The molecule has 0 aliphatic heterocycles. The third-order valence-corrected chi connectivity index (χ3v) is 4.83. The first kappa shape index (κ1) is 24.0. The molecule has 0 spiro atoms. The standard InChI is InChI=1S/C22H15F6N5O2/c1-35-14-5-2-12(3-6-14)18-20(34)33(13-4-8-16(29-10-13)22(26,27)28)19-15(31-18)7-9-17(32-19)30-11-21(23,24)25/h2-10H,11H2,1H3,(H,30,32). The number of rotatable bonds is 5. The second-order valence-electron chi connectivity index (χ2n) is 7.24. The minimum absolute atomic E-state index is 0.0575. The zero-order valence-corrected chi connectivity index (χ0v) is 17.8. The van der Waals surface area contributed by atoms with Crippen molar-refractivity contribution in [2.45, 2.75) is 12.4 Å². The predicted molar refractivity (Wildman–Crippen MR) is 114 cm³/mol. The van der Waals surface area contributed by atoms with Gasteiger partial charge in [-0.25, -0.2) is 15.0 Å². The van der Waals surface area contributed by atoms with Crippen molar-refractivity contribution < 1.29 is 31.1 Å². The third kappa shape index (κ3) is 5.18. The van der Waals surface area contributed by atoms with Crippen LogP contribution in [0.1, 0.15) is 5.69 Å². The molecule has 7 nitrogen and oxygen atoms in total. The van der Waals surface area contributed by atoms with Gasteiger partial charge in [0.2, 0.25) is 0 Å². The van der Waals surface area contributed by atoms with Crippen molar-refractivity contribution in [2.75, 3.05) is 19.0 Å². The highest BCUT2D eigenvalue weighted by Gasteiger charge is 2.32. The molecule has 3 aromatic heterocycles. The lowest BCUT2D eigenvalue weighted by Crippen LogP contribution is -2.25. The van der Waals surface area contributed by atoms with E-state index < -0.39 is 30.2 Å². The Labute approximate surface area is 193 Å². The summed E-state index contributed by atoms with van der Waals surface area (Å²) in [6, 6.07) is 10.6. The van der Waals surface area contributed by atoms with Crippen LogP contribution in [0.15, 0.2) is 59.5 Å². The van der Waals surface area contributed by atoms with E-state index in [1.54, 1.807) is 24.3 Å². The molecule has 0 bridgehead atoms. The van der Waals surface area contributed by atoms with Crippen molar-refractivity contribution in [1.82, 2.24) is 19.5 Å². The van der Waals surface area contributed by atoms with Gasteiger partial charge in [-0.05, 0) is 48.5 Å². The number of fused-ring (bicyclic) bond motifs is 1. The molecule has 0 aliphatic carbocycles. The van der Waals surface area contributed by atoms with Crippen LogP contribution in [0.25, 0.3) is 28.1 Å². The zero-order valence-electron chi connectivity index (χ0n) is 17.8. The first-order valence-electron chi connectivity index (χ1n) is 9.89. The fourth-order valence-corrected chi connectivity index (χ4v) is 3.21. The minimum atomic E-state index is -4.70. The molecular formula is C22H15F6N5O2. The number of methoxy groups -OCH3 is 1. The largest absolute Gasteiger partial charge is 0.497 e. The summed E-state index contributed by atoms with van der Waals surface area (Å²) >= 11 is 0. The second-order valence-corrected chi connectivity index (χ2v) is 7.24. The van der Waals surface area contributed by atoms with Crippen LogP contribution in [-0.2, 0) is 6.18 Å². The predicted octanol–water partition coefficient (Wildman–Crippen LogP) is 4.84. The highest BCUT2D eigenvalue weighted by Crippen LogP contribution is 2.28. The van der Waals surface area contributed by atoms with E-state index in [4.69, 9.17) is 4.74 Å². The van der Waals surface area contributed by atoms with Crippen LogP contribution in [0.3, 0.4) is 0 Å². The lowest BCUT2D eigenvalue weighted by atomic mass is 10.1. The average molecular weight is 495 g/mol. The summed E-state index contributed by atoms with van der Waals surface area (Å²) in [5.41, 5.74) is -1.74. The third-order valence-electron chi connectivity index (χ3n) is 4.83. The van der Waals surface area contributed by atoms with Gasteiger partial charge in [-0.2, -0.15) is 26.3 Å². The molecule has 4 rings (SSSR count). The Hall–Kier alpha value is -4.16. The number of nitrogens with zero attached hydrogens (tertiary/aromatic N) is 4. The van der Waals surface area contributed by atoms with Crippen molar-refractivity contribution in [3.63, 3.8) is 0 Å². The first-order chi connectivity index (χ1) is 16.5. The summed E-state index contributed by atoms with van der Waals surface area (Å²) in [4.78, 5) is 25.2. The van der Waals surface area contributed by atoms with Crippen LogP contribution in [-0.4, -0.2) is 39.3 Å². The van der Waals surface area contributed by atoms with Crippen LogP contribution in [0.5, 0.6) is 5.75 Å². The zero-order chi connectivity index (χ0) is 25.4. The Kier molecular flexibility index (Phi) is 6.09. The van der Waals surface area contributed by atoms with Crippen molar-refractivity contribution in [3.8, 4) is 22.7 Å². The number of nitrogens with one attached hydrogen (secondary N) is 1. The Morgan fingerprint density at radius 3 is 2.23 bits per heavy atom. The Bertz CT molecular complexity index is 1410. The molecule has 3 heterocycles. The lowest BCUT2D eigenvalue weighted by molar-refractivity contribution is -0.141. The number of ether oxygens (including phenoxy) is 1. The molecule has 0 unspecified atom stereocenters. The maximum absolute atomic E-state index is 13.4. The first-order valence-corrected chi connectivity index (χ1v) is 9.89. The smallest absolute Gasteiger partial charge is 0.433 e. The maximum Gasteiger partial charge on any atom is 0.433 e. The maximum atomic E-state index is 13.4. The number of anilines is 1. The highest BCUT2D eigenvalue weighted by atomic mass is 19.4. The summed E-state index contributed by atoms with van der Waals surface area (Å²) in [6.45, 7) is -1.38. The fraction of sp³-hybridized carbons (Fsp3) is 0.182. The van der Waals surface area contributed by atoms with Gasteiger partial charge < -0.3 is 10.1 Å². The van der Waals surface area contributed by atoms with Crippen LogP contribution < -0.4 is 15.6 Å². The molecule has 182 valence electrons. The Morgan fingerprint density at radius 1 is 0.943 bits per heavy atom. The van der Waals surface area contributed by atoms with Gasteiger partial charge >= 0.3 is 12.4 Å². The van der Waals surface area contributed by atoms with Crippen molar-refractivity contribution in [3.05, 3.63) is 70.8 Å². The molecule has 0 saturated heterocycles. The summed E-state index contributed by atoms with van der Waals surface area (Å²) in [6.07, 6.45) is -8.39. The van der Waals surface area contributed by atoms with Crippen molar-refractivity contribution in [2.24, 2.45) is 0 Å². The van der Waals surface area contributed by atoms with Crippen LogP contribution in [0.4, 0.5) is 32.2 Å².